The summed E-state index contributed by atoms with van der Waals surface area (Å²) < 4.78 is 1.02. The van der Waals surface area contributed by atoms with Gasteiger partial charge >= 0.3 is 0 Å². The average molecular weight is 379 g/mol. The number of hydrogen-bond donors (Lipinski definition) is 1. The molecule has 1 aromatic heterocycles. The molecular weight excluding hydrogens is 361 g/mol. The quantitative estimate of drug-likeness (QED) is 0.831. The van der Waals surface area contributed by atoms with E-state index in [9.17, 15) is 0 Å². The highest BCUT2D eigenvalue weighted by Crippen LogP contribution is 2.33. The van der Waals surface area contributed by atoms with Crippen molar-refractivity contribution >= 4 is 28.4 Å². The highest BCUT2D eigenvalue weighted by Gasteiger charge is 2.25. The zero-order valence-corrected chi connectivity index (χ0v) is 13.7. The van der Waals surface area contributed by atoms with Crippen LogP contribution in [-0.2, 0) is 19.3 Å². The van der Waals surface area contributed by atoms with Gasteiger partial charge in [-0.15, -0.1) is 0 Å². The summed E-state index contributed by atoms with van der Waals surface area (Å²) in [4.78, 5) is 9.33. The lowest BCUT2D eigenvalue weighted by Crippen LogP contribution is -2.11. The molecule has 0 bridgehead atoms. The third-order valence-electron chi connectivity index (χ3n) is 3.87. The van der Waals surface area contributed by atoms with E-state index >= 15 is 0 Å². The Labute approximate surface area is 133 Å². The number of nitrogen functional groups attached to an aromatic ring is 1. The largest absolute Gasteiger partial charge is 0.383 e. The molecule has 20 heavy (non-hydrogen) atoms. The summed E-state index contributed by atoms with van der Waals surface area (Å²) in [5, 5.41) is 0. The van der Waals surface area contributed by atoms with E-state index in [0.717, 1.165) is 40.8 Å². The number of anilines is 1. The van der Waals surface area contributed by atoms with E-state index in [-0.39, 0.29) is 0 Å². The Morgan fingerprint density at radius 2 is 1.85 bits per heavy atom. The van der Waals surface area contributed by atoms with Crippen LogP contribution >= 0.6 is 22.6 Å². The van der Waals surface area contributed by atoms with Crippen molar-refractivity contribution in [2.75, 3.05) is 5.73 Å². The molecule has 104 valence electrons. The second kappa shape index (κ2) is 5.68. The van der Waals surface area contributed by atoms with E-state index in [1.165, 1.54) is 11.1 Å². The third kappa shape index (κ3) is 2.53. The molecule has 1 aromatic carbocycles. The van der Waals surface area contributed by atoms with Crippen LogP contribution in [0, 0.1) is 3.57 Å². The molecule has 3 nitrogen and oxygen atoms in total. The number of rotatable bonds is 3. The van der Waals surface area contributed by atoms with E-state index in [2.05, 4.69) is 58.8 Å². The third-order valence-corrected chi connectivity index (χ3v) is 5.04. The van der Waals surface area contributed by atoms with Crippen molar-refractivity contribution in [2.45, 2.75) is 38.5 Å². The maximum absolute atomic E-state index is 6.07. The van der Waals surface area contributed by atoms with Crippen LogP contribution in [0.5, 0.6) is 0 Å². The van der Waals surface area contributed by atoms with Gasteiger partial charge in [-0.1, -0.05) is 37.6 Å². The fraction of sp³-hybridized carbons (Fsp3) is 0.375. The molecule has 4 heteroatoms. The van der Waals surface area contributed by atoms with Gasteiger partial charge in [-0.25, -0.2) is 9.97 Å². The van der Waals surface area contributed by atoms with Gasteiger partial charge in [0.15, 0.2) is 0 Å². The van der Waals surface area contributed by atoms with Crippen LogP contribution in [0.25, 0.3) is 0 Å². The second-order valence-corrected chi connectivity index (χ2v) is 6.43. The first-order valence-electron chi connectivity index (χ1n) is 7.07. The van der Waals surface area contributed by atoms with Crippen LogP contribution in [0.4, 0.5) is 5.82 Å². The molecule has 1 heterocycles. The first kappa shape index (κ1) is 13.8. The monoisotopic (exact) mass is 379 g/mol. The molecule has 0 spiro atoms. The van der Waals surface area contributed by atoms with Crippen molar-refractivity contribution in [3.8, 4) is 0 Å². The van der Waals surface area contributed by atoms with Crippen LogP contribution in [0.15, 0.2) is 24.3 Å². The van der Waals surface area contributed by atoms with Gasteiger partial charge in [0.2, 0.25) is 0 Å². The standard InChI is InChI=1S/C16H18IN3/c1-2-5-13-14(17)15(18)20-16(19-13)12-8-10-6-3-4-7-11(10)9-12/h3-4,6-7,12H,2,5,8-9H2,1H3,(H2,18,19,20). The number of nitrogens with two attached hydrogens (primary N) is 1. The fourth-order valence-corrected chi connectivity index (χ4v) is 3.37. The number of hydrogen-bond acceptors (Lipinski definition) is 3. The maximum atomic E-state index is 6.07. The molecule has 0 fully saturated rings. The van der Waals surface area contributed by atoms with Gasteiger partial charge in [0.25, 0.3) is 0 Å². The van der Waals surface area contributed by atoms with Crippen molar-refractivity contribution in [2.24, 2.45) is 0 Å². The molecule has 2 N–H and O–H groups in total. The molecular formula is C16H18IN3. The molecule has 0 atom stereocenters. The van der Waals surface area contributed by atoms with Crippen molar-refractivity contribution in [1.29, 1.82) is 0 Å². The highest BCUT2D eigenvalue weighted by molar-refractivity contribution is 14.1. The number of fused-ring (bicyclic) bond motifs is 1. The van der Waals surface area contributed by atoms with Crippen molar-refractivity contribution in [3.05, 3.63) is 50.5 Å². The minimum Gasteiger partial charge on any atom is -0.383 e. The summed E-state index contributed by atoms with van der Waals surface area (Å²) in [5.41, 5.74) is 10.0. The number of aryl methyl sites for hydroxylation is 1. The van der Waals surface area contributed by atoms with E-state index < -0.39 is 0 Å². The molecule has 3 rings (SSSR count). The number of halogens is 1. The van der Waals surface area contributed by atoms with Crippen LogP contribution in [-0.4, -0.2) is 9.97 Å². The van der Waals surface area contributed by atoms with E-state index in [4.69, 9.17) is 10.7 Å². The Morgan fingerprint density at radius 3 is 2.45 bits per heavy atom. The molecule has 0 saturated carbocycles. The Bertz CT molecular complexity index is 615. The van der Waals surface area contributed by atoms with E-state index in [1.54, 1.807) is 0 Å². The van der Waals surface area contributed by atoms with Gasteiger partial charge in [0, 0.05) is 5.92 Å². The van der Waals surface area contributed by atoms with E-state index in [0.29, 0.717) is 11.7 Å². The van der Waals surface area contributed by atoms with Crippen molar-refractivity contribution in [3.63, 3.8) is 0 Å². The number of nitrogens with zero attached hydrogens (tertiary/aromatic N) is 2. The lowest BCUT2D eigenvalue weighted by atomic mass is 10.1. The lowest BCUT2D eigenvalue weighted by Gasteiger charge is -2.12. The SMILES string of the molecule is CCCc1nc(C2Cc3ccccc3C2)nc(N)c1I. The molecule has 0 amide bonds. The smallest absolute Gasteiger partial charge is 0.140 e. The molecule has 1 aliphatic rings. The normalized spacial score (nSPS) is 14.5. The summed E-state index contributed by atoms with van der Waals surface area (Å²) in [5.74, 6) is 1.93. The van der Waals surface area contributed by atoms with Crippen LogP contribution in [0.3, 0.4) is 0 Å². The maximum Gasteiger partial charge on any atom is 0.140 e. The lowest BCUT2D eigenvalue weighted by molar-refractivity contribution is 0.671. The Kier molecular flexibility index (Phi) is 3.92. The summed E-state index contributed by atoms with van der Waals surface area (Å²) in [6, 6.07) is 8.62. The van der Waals surface area contributed by atoms with Crippen molar-refractivity contribution in [1.82, 2.24) is 9.97 Å². The summed E-state index contributed by atoms with van der Waals surface area (Å²) in [6.45, 7) is 2.17. The van der Waals surface area contributed by atoms with Gasteiger partial charge < -0.3 is 5.73 Å². The Morgan fingerprint density at radius 1 is 1.20 bits per heavy atom. The average Bonchev–Trinajstić information content (AvgIpc) is 2.87. The Hall–Kier alpha value is -1.17. The molecule has 0 aliphatic heterocycles. The molecule has 2 aromatic rings. The predicted molar refractivity (Wildman–Crippen MR) is 89.7 cm³/mol. The first-order chi connectivity index (χ1) is 9.69. The van der Waals surface area contributed by atoms with Gasteiger partial charge in [0.1, 0.15) is 11.6 Å². The molecule has 0 saturated heterocycles. The van der Waals surface area contributed by atoms with Gasteiger partial charge in [-0.2, -0.15) is 0 Å². The van der Waals surface area contributed by atoms with Crippen LogP contribution < -0.4 is 5.73 Å². The zero-order valence-electron chi connectivity index (χ0n) is 11.6. The fourth-order valence-electron chi connectivity index (χ4n) is 2.86. The van der Waals surface area contributed by atoms with Gasteiger partial charge in [0.05, 0.1) is 9.26 Å². The minimum absolute atomic E-state index is 0.377. The second-order valence-electron chi connectivity index (χ2n) is 5.35. The minimum atomic E-state index is 0.377. The number of aromatic nitrogens is 2. The molecule has 0 unspecified atom stereocenters. The number of benzene rings is 1. The van der Waals surface area contributed by atoms with Crippen molar-refractivity contribution < 1.29 is 0 Å². The van der Waals surface area contributed by atoms with Crippen LogP contribution in [0.1, 0.15) is 41.9 Å². The van der Waals surface area contributed by atoms with Gasteiger partial charge in [-0.3, -0.25) is 0 Å². The summed E-state index contributed by atoms with van der Waals surface area (Å²) in [6.07, 6.45) is 4.11. The first-order valence-corrected chi connectivity index (χ1v) is 8.15. The molecule has 0 radical (unpaired) electrons. The summed E-state index contributed by atoms with van der Waals surface area (Å²) in [7, 11) is 0. The predicted octanol–water partition coefficient (Wildman–Crippen LogP) is 3.50. The summed E-state index contributed by atoms with van der Waals surface area (Å²) >= 11 is 2.26. The topological polar surface area (TPSA) is 51.8 Å². The Balaban J connectivity index is 1.93. The van der Waals surface area contributed by atoms with Crippen LogP contribution in [0.2, 0.25) is 0 Å². The van der Waals surface area contributed by atoms with E-state index in [1.807, 2.05) is 0 Å². The van der Waals surface area contributed by atoms with Gasteiger partial charge in [-0.05, 0) is 53.0 Å². The zero-order chi connectivity index (χ0) is 14.1. The molecule has 1 aliphatic carbocycles. The highest BCUT2D eigenvalue weighted by atomic mass is 127.